The SMILES string of the molecule is Cn1cc(-c2cnc3c(Nc4cc5ccccc5s4)nc(C4=CCCN(C(=O)OC(C)(C)C)C4)cn23)cn1. The molecular formula is C28H29N7O2S. The summed E-state index contributed by atoms with van der Waals surface area (Å²) in [5.74, 6) is 0.652. The van der Waals surface area contributed by atoms with E-state index in [0.29, 0.717) is 24.6 Å². The molecule has 4 aromatic heterocycles. The van der Waals surface area contributed by atoms with Crippen LogP contribution in [0, 0.1) is 0 Å². The molecule has 194 valence electrons. The van der Waals surface area contributed by atoms with Crippen LogP contribution in [0.15, 0.2) is 61.2 Å². The lowest BCUT2D eigenvalue weighted by atomic mass is 10.1. The van der Waals surface area contributed by atoms with Gasteiger partial charge in [0.25, 0.3) is 0 Å². The van der Waals surface area contributed by atoms with Gasteiger partial charge >= 0.3 is 6.09 Å². The number of anilines is 2. The third-order valence-electron chi connectivity index (χ3n) is 6.29. The Kier molecular flexibility index (Phi) is 5.91. The van der Waals surface area contributed by atoms with Gasteiger partial charge in [-0.05, 0) is 50.3 Å². The van der Waals surface area contributed by atoms with Crippen molar-refractivity contribution in [1.29, 1.82) is 0 Å². The van der Waals surface area contributed by atoms with Gasteiger partial charge in [0.2, 0.25) is 0 Å². The predicted octanol–water partition coefficient (Wildman–Crippen LogP) is 6.11. The molecule has 5 heterocycles. The Morgan fingerprint density at radius 1 is 1.16 bits per heavy atom. The first kappa shape index (κ1) is 24.2. The highest BCUT2D eigenvalue weighted by molar-refractivity contribution is 7.22. The average Bonchev–Trinajstić information content (AvgIpc) is 3.60. The van der Waals surface area contributed by atoms with Crippen LogP contribution in [-0.2, 0) is 11.8 Å². The van der Waals surface area contributed by atoms with Gasteiger partial charge < -0.3 is 15.0 Å². The molecule has 1 aliphatic heterocycles. The van der Waals surface area contributed by atoms with Crippen LogP contribution >= 0.6 is 11.3 Å². The summed E-state index contributed by atoms with van der Waals surface area (Å²) >= 11 is 1.67. The van der Waals surface area contributed by atoms with Gasteiger partial charge in [0.05, 0.1) is 35.3 Å². The van der Waals surface area contributed by atoms with Crippen molar-refractivity contribution in [3.63, 3.8) is 0 Å². The lowest BCUT2D eigenvalue weighted by molar-refractivity contribution is 0.0273. The maximum absolute atomic E-state index is 12.8. The fraction of sp³-hybridized carbons (Fsp3) is 0.286. The number of carbonyl (C=O) groups excluding carboxylic acids is 1. The highest BCUT2D eigenvalue weighted by atomic mass is 32.1. The Bertz CT molecular complexity index is 1660. The summed E-state index contributed by atoms with van der Waals surface area (Å²) in [5, 5.41) is 10.0. The smallest absolute Gasteiger partial charge is 0.410 e. The molecule has 1 aliphatic rings. The number of fused-ring (bicyclic) bond motifs is 2. The third-order valence-corrected chi connectivity index (χ3v) is 7.32. The molecule has 0 saturated carbocycles. The van der Waals surface area contributed by atoms with Crippen LogP contribution in [0.5, 0.6) is 0 Å². The summed E-state index contributed by atoms with van der Waals surface area (Å²) in [6, 6.07) is 10.4. The molecule has 38 heavy (non-hydrogen) atoms. The molecule has 0 spiro atoms. The number of hydrogen-bond donors (Lipinski definition) is 1. The van der Waals surface area contributed by atoms with E-state index in [4.69, 9.17) is 14.7 Å². The first-order valence-electron chi connectivity index (χ1n) is 12.5. The van der Waals surface area contributed by atoms with Gasteiger partial charge in [0.1, 0.15) is 5.60 Å². The summed E-state index contributed by atoms with van der Waals surface area (Å²) in [6.45, 7) is 6.68. The van der Waals surface area contributed by atoms with Crippen molar-refractivity contribution >= 4 is 49.6 Å². The van der Waals surface area contributed by atoms with Crippen molar-refractivity contribution in [2.45, 2.75) is 32.8 Å². The highest BCUT2D eigenvalue weighted by Crippen LogP contribution is 2.34. The zero-order chi connectivity index (χ0) is 26.4. The van der Waals surface area contributed by atoms with E-state index in [2.05, 4.69) is 34.7 Å². The topological polar surface area (TPSA) is 89.6 Å². The number of aryl methyl sites for hydroxylation is 1. The van der Waals surface area contributed by atoms with Crippen LogP contribution in [0.1, 0.15) is 32.9 Å². The molecule has 0 radical (unpaired) electrons. The van der Waals surface area contributed by atoms with E-state index in [1.54, 1.807) is 20.9 Å². The van der Waals surface area contributed by atoms with E-state index >= 15 is 0 Å². The van der Waals surface area contributed by atoms with Gasteiger partial charge in [0, 0.05) is 36.2 Å². The fourth-order valence-electron chi connectivity index (χ4n) is 4.57. The van der Waals surface area contributed by atoms with Gasteiger partial charge in [-0.25, -0.2) is 14.8 Å². The van der Waals surface area contributed by atoms with Crippen molar-refractivity contribution in [2.24, 2.45) is 7.05 Å². The molecule has 10 heteroatoms. The van der Waals surface area contributed by atoms with E-state index in [-0.39, 0.29) is 6.09 Å². The molecule has 9 nitrogen and oxygen atoms in total. The molecule has 5 aromatic rings. The maximum Gasteiger partial charge on any atom is 0.410 e. The molecule has 1 N–H and O–H groups in total. The molecule has 0 atom stereocenters. The largest absolute Gasteiger partial charge is 0.444 e. The second-order valence-electron chi connectivity index (χ2n) is 10.4. The molecule has 1 amide bonds. The first-order chi connectivity index (χ1) is 18.2. The minimum absolute atomic E-state index is 0.313. The Morgan fingerprint density at radius 3 is 2.76 bits per heavy atom. The fourth-order valence-corrected chi connectivity index (χ4v) is 5.53. The Hall–Kier alpha value is -4.18. The predicted molar refractivity (Wildman–Crippen MR) is 151 cm³/mol. The summed E-state index contributed by atoms with van der Waals surface area (Å²) in [6.07, 6.45) is 10.2. The summed E-state index contributed by atoms with van der Waals surface area (Å²) < 4.78 is 10.6. The van der Waals surface area contributed by atoms with Gasteiger partial charge in [-0.2, -0.15) is 5.10 Å². The maximum atomic E-state index is 12.8. The van der Waals surface area contributed by atoms with Crippen molar-refractivity contribution in [2.75, 3.05) is 18.4 Å². The molecule has 0 fully saturated rings. The van der Waals surface area contributed by atoms with Crippen LogP contribution in [0.4, 0.5) is 15.6 Å². The quantitative estimate of drug-likeness (QED) is 0.303. The van der Waals surface area contributed by atoms with E-state index in [1.807, 2.05) is 69.1 Å². The molecule has 0 unspecified atom stereocenters. The molecular weight excluding hydrogens is 498 g/mol. The van der Waals surface area contributed by atoms with Crippen LogP contribution in [-0.4, -0.2) is 53.8 Å². The van der Waals surface area contributed by atoms with Crippen LogP contribution in [0.2, 0.25) is 0 Å². The van der Waals surface area contributed by atoms with Crippen molar-refractivity contribution < 1.29 is 9.53 Å². The number of hydrogen-bond acceptors (Lipinski definition) is 7. The minimum Gasteiger partial charge on any atom is -0.444 e. The summed E-state index contributed by atoms with van der Waals surface area (Å²) in [5.41, 5.74) is 3.78. The van der Waals surface area contributed by atoms with Crippen molar-refractivity contribution in [3.05, 3.63) is 66.9 Å². The van der Waals surface area contributed by atoms with Gasteiger partial charge in [-0.1, -0.05) is 24.3 Å². The van der Waals surface area contributed by atoms with Crippen molar-refractivity contribution in [3.8, 4) is 11.3 Å². The van der Waals surface area contributed by atoms with E-state index in [0.717, 1.165) is 33.9 Å². The lowest BCUT2D eigenvalue weighted by Crippen LogP contribution is -2.39. The standard InChI is InChI=1S/C28H29N7O2S/c1-28(2,3)37-27(36)34-11-7-9-19(16-34)21-17-35-22(20-13-30-33(4)15-20)14-29-26(35)25(31-21)32-24-12-18-8-5-6-10-23(18)38-24/h5-6,8-10,12-15,17H,7,11,16H2,1-4H3,(H,31,32). The minimum atomic E-state index is -0.549. The molecule has 6 rings (SSSR count). The molecule has 0 aliphatic carbocycles. The lowest BCUT2D eigenvalue weighted by Gasteiger charge is -2.30. The van der Waals surface area contributed by atoms with Gasteiger partial charge in [-0.15, -0.1) is 11.3 Å². The monoisotopic (exact) mass is 527 g/mol. The number of nitrogens with one attached hydrogen (secondary N) is 1. The second-order valence-corrected chi connectivity index (χ2v) is 11.5. The Morgan fingerprint density at radius 2 is 2.00 bits per heavy atom. The first-order valence-corrected chi connectivity index (χ1v) is 13.4. The number of aromatic nitrogens is 5. The van der Waals surface area contributed by atoms with Crippen LogP contribution < -0.4 is 5.32 Å². The van der Waals surface area contributed by atoms with E-state index in [9.17, 15) is 4.79 Å². The normalized spacial score (nSPS) is 14.2. The number of thiophene rings is 1. The number of rotatable bonds is 4. The molecule has 1 aromatic carbocycles. The number of ether oxygens (including phenoxy) is 1. The van der Waals surface area contributed by atoms with Gasteiger partial charge in [-0.3, -0.25) is 9.08 Å². The summed E-state index contributed by atoms with van der Waals surface area (Å²) in [4.78, 5) is 24.3. The molecule has 0 bridgehead atoms. The zero-order valence-corrected chi connectivity index (χ0v) is 22.6. The average molecular weight is 528 g/mol. The number of nitrogens with zero attached hydrogens (tertiary/aromatic N) is 6. The molecule has 0 saturated heterocycles. The van der Waals surface area contributed by atoms with E-state index < -0.39 is 5.60 Å². The van der Waals surface area contributed by atoms with Crippen LogP contribution in [0.3, 0.4) is 0 Å². The van der Waals surface area contributed by atoms with Gasteiger partial charge in [0.15, 0.2) is 11.5 Å². The third kappa shape index (κ3) is 4.74. The zero-order valence-electron chi connectivity index (χ0n) is 21.8. The second kappa shape index (κ2) is 9.29. The highest BCUT2D eigenvalue weighted by Gasteiger charge is 2.26. The number of benzene rings is 1. The number of carbonyl (C=O) groups is 1. The Labute approximate surface area is 224 Å². The number of imidazole rings is 1. The number of amides is 1. The summed E-state index contributed by atoms with van der Waals surface area (Å²) in [7, 11) is 1.90. The van der Waals surface area contributed by atoms with Crippen LogP contribution in [0.25, 0.3) is 32.6 Å². The van der Waals surface area contributed by atoms with Crippen molar-refractivity contribution in [1.82, 2.24) is 29.0 Å². The van der Waals surface area contributed by atoms with E-state index in [1.165, 1.54) is 10.1 Å². The Balaban J connectivity index is 1.41.